The van der Waals surface area contributed by atoms with Crippen LogP contribution in [0.5, 0.6) is 5.75 Å². The summed E-state index contributed by atoms with van der Waals surface area (Å²) in [6.07, 6.45) is 0.966. The molecule has 6 heteroatoms. The molecule has 0 spiro atoms. The molecule has 1 aliphatic heterocycles. The topological polar surface area (TPSA) is 66.8 Å². The molecule has 0 radical (unpaired) electrons. The average Bonchev–Trinajstić information content (AvgIpc) is 2.55. The predicted molar refractivity (Wildman–Crippen MR) is 93.7 cm³/mol. The Balaban J connectivity index is 2.03. The smallest absolute Gasteiger partial charge is 0.181 e. The maximum Gasteiger partial charge on any atom is 0.181 e. The summed E-state index contributed by atoms with van der Waals surface area (Å²) < 4.78 is 30.6. The molecule has 132 valence electrons. The summed E-state index contributed by atoms with van der Waals surface area (Å²) in [5.74, 6) is 5.85. The van der Waals surface area contributed by atoms with Gasteiger partial charge in [0.15, 0.2) is 9.84 Å². The van der Waals surface area contributed by atoms with E-state index in [1.807, 2.05) is 0 Å². The fourth-order valence-electron chi connectivity index (χ4n) is 2.80. The third-order valence-corrected chi connectivity index (χ3v) is 6.27. The SMILES string of the molecule is CC#CCOc1ccc(S(=O)(=O)CC2(O)CCN(CC)CC2)cc1. The van der Waals surface area contributed by atoms with E-state index < -0.39 is 15.4 Å². The summed E-state index contributed by atoms with van der Waals surface area (Å²) in [6, 6.07) is 6.28. The van der Waals surface area contributed by atoms with Crippen molar-refractivity contribution < 1.29 is 18.3 Å². The Morgan fingerprint density at radius 3 is 2.42 bits per heavy atom. The first-order valence-corrected chi connectivity index (χ1v) is 9.84. The number of aliphatic hydroxyl groups is 1. The van der Waals surface area contributed by atoms with Gasteiger partial charge in [-0.1, -0.05) is 12.8 Å². The van der Waals surface area contributed by atoms with Crippen molar-refractivity contribution in [3.8, 4) is 17.6 Å². The minimum atomic E-state index is -3.54. The number of benzene rings is 1. The van der Waals surface area contributed by atoms with E-state index in [9.17, 15) is 13.5 Å². The molecule has 0 aliphatic carbocycles. The summed E-state index contributed by atoms with van der Waals surface area (Å²) in [5, 5.41) is 10.6. The summed E-state index contributed by atoms with van der Waals surface area (Å²) in [5.41, 5.74) is -1.14. The fourth-order valence-corrected chi connectivity index (χ4v) is 4.52. The Hall–Kier alpha value is -1.55. The summed E-state index contributed by atoms with van der Waals surface area (Å²) in [7, 11) is -3.54. The normalized spacial score (nSPS) is 17.8. The molecule has 0 unspecified atom stereocenters. The summed E-state index contributed by atoms with van der Waals surface area (Å²) in [4.78, 5) is 2.43. The lowest BCUT2D eigenvalue weighted by Gasteiger charge is -2.37. The molecule has 0 saturated carbocycles. The van der Waals surface area contributed by atoms with Crippen molar-refractivity contribution in [2.45, 2.75) is 37.2 Å². The number of piperidine rings is 1. The molecule has 1 aliphatic rings. The Morgan fingerprint density at radius 2 is 1.88 bits per heavy atom. The van der Waals surface area contributed by atoms with Crippen molar-refractivity contribution in [3.63, 3.8) is 0 Å². The molecule has 1 aromatic carbocycles. The predicted octanol–water partition coefficient (Wildman–Crippen LogP) is 1.71. The molecule has 5 nitrogen and oxygen atoms in total. The van der Waals surface area contributed by atoms with Crippen LogP contribution in [0.1, 0.15) is 26.7 Å². The third kappa shape index (κ3) is 4.97. The first-order chi connectivity index (χ1) is 11.4. The van der Waals surface area contributed by atoms with E-state index in [2.05, 4.69) is 23.7 Å². The minimum Gasteiger partial charge on any atom is -0.481 e. The Bertz CT molecular complexity index is 693. The van der Waals surface area contributed by atoms with Crippen molar-refractivity contribution in [2.24, 2.45) is 0 Å². The van der Waals surface area contributed by atoms with Gasteiger partial charge in [-0.05, 0) is 50.6 Å². The van der Waals surface area contributed by atoms with E-state index in [-0.39, 0.29) is 17.3 Å². The molecule has 2 rings (SSSR count). The van der Waals surface area contributed by atoms with Crippen molar-refractivity contribution in [1.29, 1.82) is 0 Å². The zero-order valence-corrected chi connectivity index (χ0v) is 15.1. The van der Waals surface area contributed by atoms with Gasteiger partial charge in [0.1, 0.15) is 12.4 Å². The average molecular weight is 351 g/mol. The summed E-state index contributed by atoms with van der Waals surface area (Å²) in [6.45, 7) is 6.45. The van der Waals surface area contributed by atoms with E-state index in [1.54, 1.807) is 19.1 Å². The summed E-state index contributed by atoms with van der Waals surface area (Å²) >= 11 is 0. The zero-order chi connectivity index (χ0) is 17.6. The molecule has 1 N–H and O–H groups in total. The van der Waals surface area contributed by atoms with Gasteiger partial charge in [0, 0.05) is 13.1 Å². The number of rotatable bonds is 6. The van der Waals surface area contributed by atoms with Gasteiger partial charge in [0.2, 0.25) is 0 Å². The number of sulfone groups is 1. The molecule has 1 saturated heterocycles. The number of likely N-dealkylation sites (tertiary alicyclic amines) is 1. The van der Waals surface area contributed by atoms with Gasteiger partial charge >= 0.3 is 0 Å². The lowest BCUT2D eigenvalue weighted by molar-refractivity contribution is -0.00106. The van der Waals surface area contributed by atoms with Crippen molar-refractivity contribution in [3.05, 3.63) is 24.3 Å². The van der Waals surface area contributed by atoms with Crippen LogP contribution in [0.3, 0.4) is 0 Å². The Kier molecular flexibility index (Phi) is 6.27. The minimum absolute atomic E-state index is 0.211. The highest BCUT2D eigenvalue weighted by Crippen LogP contribution is 2.27. The van der Waals surface area contributed by atoms with Gasteiger partial charge in [-0.3, -0.25) is 0 Å². The Labute approximate surface area is 144 Å². The number of nitrogens with zero attached hydrogens (tertiary/aromatic N) is 1. The van der Waals surface area contributed by atoms with E-state index in [0.29, 0.717) is 18.6 Å². The van der Waals surface area contributed by atoms with Gasteiger partial charge in [0.25, 0.3) is 0 Å². The van der Waals surface area contributed by atoms with Crippen LogP contribution in [-0.2, 0) is 9.84 Å². The third-order valence-electron chi connectivity index (χ3n) is 4.36. The number of hydrogen-bond acceptors (Lipinski definition) is 5. The molecule has 1 fully saturated rings. The quantitative estimate of drug-likeness (QED) is 0.791. The monoisotopic (exact) mass is 351 g/mol. The van der Waals surface area contributed by atoms with Crippen LogP contribution < -0.4 is 4.74 Å². The van der Waals surface area contributed by atoms with Crippen LogP contribution in [0, 0.1) is 11.8 Å². The standard InChI is InChI=1S/C18H25NO4S/c1-3-5-14-23-16-6-8-17(9-7-16)24(21,22)15-18(20)10-12-19(4-2)13-11-18/h6-9,20H,4,10-15H2,1-2H3. The number of ether oxygens (including phenoxy) is 1. The largest absolute Gasteiger partial charge is 0.481 e. The zero-order valence-electron chi connectivity index (χ0n) is 14.3. The van der Waals surface area contributed by atoms with E-state index in [0.717, 1.165) is 19.6 Å². The molecule has 1 heterocycles. The van der Waals surface area contributed by atoms with E-state index in [1.165, 1.54) is 12.1 Å². The lowest BCUT2D eigenvalue weighted by atomic mass is 9.94. The molecule has 0 atom stereocenters. The van der Waals surface area contributed by atoms with Gasteiger partial charge in [-0.2, -0.15) is 0 Å². The fraction of sp³-hybridized carbons (Fsp3) is 0.556. The van der Waals surface area contributed by atoms with Crippen LogP contribution in [0.2, 0.25) is 0 Å². The van der Waals surface area contributed by atoms with Crippen LogP contribution in [0.15, 0.2) is 29.2 Å². The van der Waals surface area contributed by atoms with E-state index >= 15 is 0 Å². The lowest BCUT2D eigenvalue weighted by Crippen LogP contribution is -2.48. The first kappa shape index (κ1) is 18.8. The second kappa shape index (κ2) is 8.02. The highest BCUT2D eigenvalue weighted by Gasteiger charge is 2.36. The molecule has 0 bridgehead atoms. The van der Waals surface area contributed by atoms with Crippen LogP contribution >= 0.6 is 0 Å². The molecule has 0 amide bonds. The molecular weight excluding hydrogens is 326 g/mol. The molecule has 1 aromatic rings. The van der Waals surface area contributed by atoms with Gasteiger partial charge in [-0.25, -0.2) is 8.42 Å². The van der Waals surface area contributed by atoms with Crippen molar-refractivity contribution >= 4 is 9.84 Å². The maximum atomic E-state index is 12.6. The second-order valence-electron chi connectivity index (χ2n) is 6.10. The van der Waals surface area contributed by atoms with E-state index in [4.69, 9.17) is 4.74 Å². The molecule has 24 heavy (non-hydrogen) atoms. The highest BCUT2D eigenvalue weighted by molar-refractivity contribution is 7.91. The second-order valence-corrected chi connectivity index (χ2v) is 8.09. The van der Waals surface area contributed by atoms with Gasteiger partial charge in [0.05, 0.1) is 16.2 Å². The van der Waals surface area contributed by atoms with Gasteiger partial charge in [-0.15, -0.1) is 5.92 Å². The number of hydrogen-bond donors (Lipinski definition) is 1. The van der Waals surface area contributed by atoms with Crippen LogP contribution in [0.25, 0.3) is 0 Å². The maximum absolute atomic E-state index is 12.6. The van der Waals surface area contributed by atoms with Crippen molar-refractivity contribution in [2.75, 3.05) is 32.0 Å². The van der Waals surface area contributed by atoms with Gasteiger partial charge < -0.3 is 14.7 Å². The highest BCUT2D eigenvalue weighted by atomic mass is 32.2. The first-order valence-electron chi connectivity index (χ1n) is 8.18. The molecule has 0 aromatic heterocycles. The Morgan fingerprint density at radius 1 is 1.25 bits per heavy atom. The molecular formula is C18H25NO4S. The van der Waals surface area contributed by atoms with Crippen molar-refractivity contribution in [1.82, 2.24) is 4.90 Å². The van der Waals surface area contributed by atoms with Crippen LogP contribution in [-0.4, -0.2) is 56.0 Å². The van der Waals surface area contributed by atoms with Crippen LogP contribution in [0.4, 0.5) is 0 Å².